The summed E-state index contributed by atoms with van der Waals surface area (Å²) >= 11 is 0. The average Bonchev–Trinajstić information content (AvgIpc) is 3.28. The molecule has 25 heavy (non-hydrogen) atoms. The largest absolute Gasteiger partial charge is 0.459 e. The number of furan rings is 1. The van der Waals surface area contributed by atoms with Gasteiger partial charge in [0.05, 0.1) is 18.6 Å². The highest BCUT2D eigenvalue weighted by Gasteiger charge is 2.17. The van der Waals surface area contributed by atoms with Gasteiger partial charge < -0.3 is 15.1 Å². The second kappa shape index (κ2) is 7.53. The van der Waals surface area contributed by atoms with Crippen LogP contribution in [0.2, 0.25) is 0 Å². The molecule has 0 aliphatic heterocycles. The van der Waals surface area contributed by atoms with Gasteiger partial charge in [0, 0.05) is 23.8 Å². The Bertz CT molecular complexity index is 792. The molecule has 3 unspecified atom stereocenters. The fraction of sp³-hybridized carbons (Fsp3) is 0.368. The van der Waals surface area contributed by atoms with Crippen LogP contribution in [0.1, 0.15) is 38.6 Å². The highest BCUT2D eigenvalue weighted by Crippen LogP contribution is 2.23. The van der Waals surface area contributed by atoms with E-state index in [1.165, 1.54) is 0 Å². The monoisotopic (exact) mass is 340 g/mol. The minimum absolute atomic E-state index is 0.0625. The van der Waals surface area contributed by atoms with Gasteiger partial charge in [-0.25, -0.2) is 0 Å². The van der Waals surface area contributed by atoms with E-state index in [-0.39, 0.29) is 30.6 Å². The van der Waals surface area contributed by atoms with E-state index in [1.807, 2.05) is 61.1 Å². The molecule has 132 valence electrons. The molecule has 0 spiro atoms. The number of aromatic nitrogens is 2. The number of hydrogen-bond acceptors (Lipinski definition) is 4. The van der Waals surface area contributed by atoms with Crippen molar-refractivity contribution in [1.29, 1.82) is 0 Å². The highest BCUT2D eigenvalue weighted by molar-refractivity contribution is 5.80. The molecular weight excluding hydrogens is 316 g/mol. The van der Waals surface area contributed by atoms with E-state index in [9.17, 15) is 4.79 Å². The summed E-state index contributed by atoms with van der Waals surface area (Å²) in [5, 5.41) is 11.5. The van der Waals surface area contributed by atoms with Crippen molar-refractivity contribution in [2.24, 2.45) is 0 Å². The van der Waals surface area contributed by atoms with E-state index < -0.39 is 0 Å². The second-order valence-corrected chi connectivity index (χ2v) is 6.37. The molecule has 6 heteroatoms. The Morgan fingerprint density at radius 1 is 1.24 bits per heavy atom. The minimum Gasteiger partial charge on any atom is -0.459 e. The molecule has 6 nitrogen and oxygen atoms in total. The lowest BCUT2D eigenvalue weighted by atomic mass is 10.1. The zero-order valence-electron chi connectivity index (χ0n) is 14.8. The van der Waals surface area contributed by atoms with Crippen LogP contribution in [-0.2, 0) is 4.79 Å². The van der Waals surface area contributed by atoms with E-state index in [4.69, 9.17) is 4.42 Å². The molecule has 3 aromatic rings. The summed E-state index contributed by atoms with van der Waals surface area (Å²) in [5.74, 6) is 0.694. The van der Waals surface area contributed by atoms with Crippen LogP contribution < -0.4 is 10.6 Å². The number of carbonyl (C=O) groups excluding carboxylic acids is 1. The maximum atomic E-state index is 12.2. The molecule has 1 amide bonds. The smallest absolute Gasteiger partial charge is 0.234 e. The summed E-state index contributed by atoms with van der Waals surface area (Å²) in [6.45, 7) is 6.28. The van der Waals surface area contributed by atoms with Gasteiger partial charge in [-0.3, -0.25) is 9.48 Å². The maximum Gasteiger partial charge on any atom is 0.234 e. The molecule has 2 heterocycles. The van der Waals surface area contributed by atoms with Crippen molar-refractivity contribution in [2.75, 3.05) is 6.54 Å². The number of nitrogens with one attached hydrogen (secondary N) is 2. The summed E-state index contributed by atoms with van der Waals surface area (Å²) in [6, 6.07) is 11.8. The molecule has 0 bridgehead atoms. The van der Waals surface area contributed by atoms with Crippen LogP contribution in [0.3, 0.4) is 0 Å². The van der Waals surface area contributed by atoms with Gasteiger partial charge in [0.2, 0.25) is 5.91 Å². The van der Waals surface area contributed by atoms with Gasteiger partial charge in [-0.2, -0.15) is 5.10 Å². The average molecular weight is 340 g/mol. The number of benzene rings is 1. The van der Waals surface area contributed by atoms with Crippen LogP contribution in [0.25, 0.3) is 11.0 Å². The molecule has 3 rings (SSSR count). The van der Waals surface area contributed by atoms with E-state index in [0.717, 1.165) is 16.7 Å². The van der Waals surface area contributed by atoms with Crippen molar-refractivity contribution < 1.29 is 9.21 Å². The van der Waals surface area contributed by atoms with Gasteiger partial charge in [-0.1, -0.05) is 18.2 Å². The number of para-hydroxylation sites is 1. The van der Waals surface area contributed by atoms with Crippen molar-refractivity contribution in [2.45, 2.75) is 38.9 Å². The number of nitrogens with zero attached hydrogens (tertiary/aromatic N) is 2. The summed E-state index contributed by atoms with van der Waals surface area (Å²) in [7, 11) is 0. The normalized spacial score (nSPS) is 15.0. The Labute approximate surface area is 147 Å². The molecular formula is C19H24N4O2. The SMILES string of the molecule is CC(NC(=O)CNC(C)C(C)n1cccn1)c1cc2ccccc2o1. The first-order chi connectivity index (χ1) is 12.0. The molecule has 0 radical (unpaired) electrons. The summed E-state index contributed by atoms with van der Waals surface area (Å²) < 4.78 is 7.68. The number of rotatable bonds is 7. The molecule has 1 aromatic carbocycles. The first-order valence-electron chi connectivity index (χ1n) is 8.55. The fourth-order valence-electron chi connectivity index (χ4n) is 2.75. The number of hydrogen-bond donors (Lipinski definition) is 2. The Kier molecular flexibility index (Phi) is 5.19. The number of carbonyl (C=O) groups is 1. The molecule has 0 fully saturated rings. The zero-order valence-corrected chi connectivity index (χ0v) is 14.8. The number of fused-ring (bicyclic) bond motifs is 1. The Morgan fingerprint density at radius 2 is 2.04 bits per heavy atom. The first-order valence-corrected chi connectivity index (χ1v) is 8.55. The van der Waals surface area contributed by atoms with Crippen molar-refractivity contribution in [3.8, 4) is 0 Å². The molecule has 0 saturated carbocycles. The lowest BCUT2D eigenvalue weighted by molar-refractivity contribution is -0.121. The van der Waals surface area contributed by atoms with Crippen LogP contribution in [0.15, 0.2) is 53.2 Å². The van der Waals surface area contributed by atoms with Gasteiger partial charge in [0.1, 0.15) is 11.3 Å². The molecule has 2 N–H and O–H groups in total. The van der Waals surface area contributed by atoms with E-state index in [2.05, 4.69) is 22.7 Å². The van der Waals surface area contributed by atoms with Crippen molar-refractivity contribution in [3.05, 3.63) is 54.6 Å². The van der Waals surface area contributed by atoms with Gasteiger partial charge in [-0.05, 0) is 39.0 Å². The van der Waals surface area contributed by atoms with Gasteiger partial charge >= 0.3 is 0 Å². The lowest BCUT2D eigenvalue weighted by Crippen LogP contribution is -2.41. The summed E-state index contributed by atoms with van der Waals surface area (Å²) in [4.78, 5) is 12.2. The van der Waals surface area contributed by atoms with E-state index in [1.54, 1.807) is 6.20 Å². The third kappa shape index (κ3) is 4.09. The van der Waals surface area contributed by atoms with Crippen LogP contribution >= 0.6 is 0 Å². The molecule has 3 atom stereocenters. The minimum atomic E-state index is -0.180. The maximum absolute atomic E-state index is 12.2. The summed E-state index contributed by atoms with van der Waals surface area (Å²) in [5.41, 5.74) is 0.832. The van der Waals surface area contributed by atoms with E-state index in [0.29, 0.717) is 0 Å². The third-order valence-electron chi connectivity index (χ3n) is 4.50. The second-order valence-electron chi connectivity index (χ2n) is 6.37. The third-order valence-corrected chi connectivity index (χ3v) is 4.50. The van der Waals surface area contributed by atoms with Crippen LogP contribution in [0, 0.1) is 0 Å². The number of amides is 1. The topological polar surface area (TPSA) is 72.1 Å². The molecule has 0 aliphatic carbocycles. The van der Waals surface area contributed by atoms with Crippen molar-refractivity contribution in [1.82, 2.24) is 20.4 Å². The predicted molar refractivity (Wildman–Crippen MR) is 97.2 cm³/mol. The van der Waals surface area contributed by atoms with Gasteiger partial charge in [0.25, 0.3) is 0 Å². The Hall–Kier alpha value is -2.60. The van der Waals surface area contributed by atoms with Gasteiger partial charge in [0.15, 0.2) is 0 Å². The Morgan fingerprint density at radius 3 is 2.76 bits per heavy atom. The van der Waals surface area contributed by atoms with Crippen LogP contribution in [-0.4, -0.2) is 28.3 Å². The van der Waals surface area contributed by atoms with Crippen molar-refractivity contribution >= 4 is 16.9 Å². The fourth-order valence-corrected chi connectivity index (χ4v) is 2.75. The molecule has 2 aromatic heterocycles. The van der Waals surface area contributed by atoms with Crippen LogP contribution in [0.4, 0.5) is 0 Å². The molecule has 0 aliphatic rings. The van der Waals surface area contributed by atoms with Crippen LogP contribution in [0.5, 0.6) is 0 Å². The highest BCUT2D eigenvalue weighted by atomic mass is 16.3. The van der Waals surface area contributed by atoms with Gasteiger partial charge in [-0.15, -0.1) is 0 Å². The van der Waals surface area contributed by atoms with Crippen molar-refractivity contribution in [3.63, 3.8) is 0 Å². The Balaban J connectivity index is 1.51. The molecule has 0 saturated heterocycles. The quantitative estimate of drug-likeness (QED) is 0.693. The zero-order chi connectivity index (χ0) is 17.8. The lowest BCUT2D eigenvalue weighted by Gasteiger charge is -2.22. The summed E-state index contributed by atoms with van der Waals surface area (Å²) in [6.07, 6.45) is 3.68. The standard InChI is InChI=1S/C19H24N4O2/c1-13(15(3)23-10-6-9-21-23)20-12-19(24)22-14(2)18-11-16-7-4-5-8-17(16)25-18/h4-11,13-15,20H,12H2,1-3H3,(H,22,24). The first kappa shape index (κ1) is 17.2. The predicted octanol–water partition coefficient (Wildman–Crippen LogP) is 3.05. The van der Waals surface area contributed by atoms with E-state index >= 15 is 0 Å².